The molecule has 1 saturated carbocycles. The number of aromatic amines is 1. The topological polar surface area (TPSA) is 114 Å². The molecule has 0 radical (unpaired) electrons. The van der Waals surface area contributed by atoms with E-state index in [0.717, 1.165) is 82.0 Å². The van der Waals surface area contributed by atoms with Crippen LogP contribution in [0.3, 0.4) is 0 Å². The van der Waals surface area contributed by atoms with Gasteiger partial charge in [0.15, 0.2) is 0 Å². The third kappa shape index (κ3) is 11.9. The number of carboxylic acids is 1. The molecule has 1 fully saturated rings. The molecular formula is C36H57NO5. The van der Waals surface area contributed by atoms with Gasteiger partial charge in [-0.25, -0.2) is 0 Å². The Hall–Kier alpha value is -2.15. The van der Waals surface area contributed by atoms with Crippen LogP contribution < -0.4 is 0 Å². The van der Waals surface area contributed by atoms with Crippen molar-refractivity contribution in [1.29, 1.82) is 0 Å². The maximum Gasteiger partial charge on any atom is 0.309 e. The highest BCUT2D eigenvalue weighted by atomic mass is 16.4. The first-order chi connectivity index (χ1) is 20.3. The summed E-state index contributed by atoms with van der Waals surface area (Å²) in [7, 11) is 0. The van der Waals surface area contributed by atoms with Crippen molar-refractivity contribution >= 4 is 5.97 Å². The van der Waals surface area contributed by atoms with Crippen molar-refractivity contribution in [2.24, 2.45) is 11.8 Å². The Morgan fingerprint density at radius 1 is 0.881 bits per heavy atom. The number of benzene rings is 1. The number of nitrogens with one attached hydrogen (secondary N) is 1. The van der Waals surface area contributed by atoms with Gasteiger partial charge in [-0.05, 0) is 75.0 Å². The highest BCUT2D eigenvalue weighted by molar-refractivity contribution is 5.70. The van der Waals surface area contributed by atoms with E-state index in [2.05, 4.69) is 36.2 Å². The van der Waals surface area contributed by atoms with Gasteiger partial charge < -0.3 is 25.4 Å². The number of hydrogen-bond donors (Lipinski definition) is 5. The van der Waals surface area contributed by atoms with Gasteiger partial charge in [-0.3, -0.25) is 4.79 Å². The summed E-state index contributed by atoms with van der Waals surface area (Å²) in [6.45, 7) is 2.21. The van der Waals surface area contributed by atoms with Gasteiger partial charge >= 0.3 is 5.97 Å². The lowest BCUT2D eigenvalue weighted by Gasteiger charge is -2.32. The van der Waals surface area contributed by atoms with Gasteiger partial charge in [-0.1, -0.05) is 101 Å². The Morgan fingerprint density at radius 2 is 1.52 bits per heavy atom. The second kappa shape index (κ2) is 18.5. The maximum absolute atomic E-state index is 12.0. The van der Waals surface area contributed by atoms with E-state index in [4.69, 9.17) is 0 Å². The predicted octanol–water partition coefficient (Wildman–Crippen LogP) is 7.58. The molecule has 3 rings (SSSR count). The second-order valence-electron chi connectivity index (χ2n) is 13.0. The van der Waals surface area contributed by atoms with Crippen LogP contribution >= 0.6 is 0 Å². The summed E-state index contributed by atoms with van der Waals surface area (Å²) in [4.78, 5) is 15.5. The van der Waals surface area contributed by atoms with Crippen molar-refractivity contribution in [2.75, 3.05) is 0 Å². The Balaban J connectivity index is 1.36. The quantitative estimate of drug-likeness (QED) is 0.0917. The molecule has 2 aromatic rings. The largest absolute Gasteiger partial charge is 0.481 e. The molecule has 5 atom stereocenters. The molecule has 0 bridgehead atoms. The molecule has 0 amide bonds. The SMILES string of the molecule is CCCCCCC[C@H](O)CCCCCC[C@H](C(=O)O)[C@H](O)CC[C@]1(O)CCC[C@@H]1Cc1ccc(Cc2ccccc2)[nH]1. The van der Waals surface area contributed by atoms with E-state index < -0.39 is 23.6 Å². The summed E-state index contributed by atoms with van der Waals surface area (Å²) in [5, 5.41) is 42.4. The van der Waals surface area contributed by atoms with Crippen LogP contribution in [-0.4, -0.2) is 49.2 Å². The van der Waals surface area contributed by atoms with Crippen LogP contribution in [0, 0.1) is 11.8 Å². The number of aliphatic hydroxyl groups is 3. The average molecular weight is 584 g/mol. The van der Waals surface area contributed by atoms with E-state index in [0.29, 0.717) is 25.7 Å². The lowest BCUT2D eigenvalue weighted by Crippen LogP contribution is -2.37. The van der Waals surface area contributed by atoms with Gasteiger partial charge in [0.05, 0.1) is 23.7 Å². The fraction of sp³-hybridized carbons (Fsp3) is 0.694. The molecule has 1 aromatic heterocycles. The van der Waals surface area contributed by atoms with Gasteiger partial charge in [-0.15, -0.1) is 0 Å². The molecule has 0 spiro atoms. The molecule has 6 nitrogen and oxygen atoms in total. The molecule has 1 aliphatic rings. The first-order valence-corrected chi connectivity index (χ1v) is 16.8. The molecule has 0 aliphatic heterocycles. The molecule has 236 valence electrons. The van der Waals surface area contributed by atoms with Gasteiger partial charge in [0.2, 0.25) is 0 Å². The third-order valence-corrected chi connectivity index (χ3v) is 9.53. The van der Waals surface area contributed by atoms with Crippen molar-refractivity contribution in [3.8, 4) is 0 Å². The molecular weight excluding hydrogens is 526 g/mol. The van der Waals surface area contributed by atoms with Gasteiger partial charge in [-0.2, -0.15) is 0 Å². The molecule has 6 heteroatoms. The third-order valence-electron chi connectivity index (χ3n) is 9.53. The van der Waals surface area contributed by atoms with E-state index in [1.54, 1.807) is 0 Å². The Labute approximate surface area is 254 Å². The summed E-state index contributed by atoms with van der Waals surface area (Å²) in [5.41, 5.74) is 2.67. The number of aromatic nitrogens is 1. The number of rotatable bonds is 22. The zero-order valence-electron chi connectivity index (χ0n) is 26.0. The lowest BCUT2D eigenvalue weighted by molar-refractivity contribution is -0.146. The molecule has 42 heavy (non-hydrogen) atoms. The highest BCUT2D eigenvalue weighted by Crippen LogP contribution is 2.41. The maximum atomic E-state index is 12.0. The van der Waals surface area contributed by atoms with Crippen molar-refractivity contribution in [3.63, 3.8) is 0 Å². The van der Waals surface area contributed by atoms with E-state index in [9.17, 15) is 25.2 Å². The zero-order chi connectivity index (χ0) is 30.2. The molecule has 1 heterocycles. The lowest BCUT2D eigenvalue weighted by atomic mass is 9.81. The number of unbranched alkanes of at least 4 members (excludes halogenated alkanes) is 7. The van der Waals surface area contributed by atoms with E-state index in [-0.39, 0.29) is 12.0 Å². The zero-order valence-corrected chi connectivity index (χ0v) is 26.0. The first kappa shape index (κ1) is 34.3. The number of carboxylic acid groups (broad SMARTS) is 1. The molecule has 1 aromatic carbocycles. The Kier molecular flexibility index (Phi) is 15.1. The molecule has 5 N–H and O–H groups in total. The minimum Gasteiger partial charge on any atom is -0.481 e. The second-order valence-corrected chi connectivity index (χ2v) is 13.0. The predicted molar refractivity (Wildman–Crippen MR) is 169 cm³/mol. The fourth-order valence-electron chi connectivity index (χ4n) is 6.85. The fourth-order valence-corrected chi connectivity index (χ4v) is 6.85. The summed E-state index contributed by atoms with van der Waals surface area (Å²) in [6.07, 6.45) is 15.5. The smallest absolute Gasteiger partial charge is 0.309 e. The number of H-pyrrole nitrogens is 1. The summed E-state index contributed by atoms with van der Waals surface area (Å²) in [5.74, 6) is -1.65. The van der Waals surface area contributed by atoms with Crippen LogP contribution in [-0.2, 0) is 17.6 Å². The van der Waals surface area contributed by atoms with Crippen LogP contribution in [0.5, 0.6) is 0 Å². The Bertz CT molecular complexity index is 1010. The molecule has 1 aliphatic carbocycles. The van der Waals surface area contributed by atoms with Crippen LogP contribution in [0.2, 0.25) is 0 Å². The number of carbonyl (C=O) groups is 1. The van der Waals surface area contributed by atoms with Crippen LogP contribution in [0.15, 0.2) is 42.5 Å². The summed E-state index contributed by atoms with van der Waals surface area (Å²) < 4.78 is 0. The number of hydrogen-bond acceptors (Lipinski definition) is 4. The van der Waals surface area contributed by atoms with Crippen molar-refractivity contribution in [1.82, 2.24) is 4.98 Å². The number of aliphatic carboxylic acids is 1. The highest BCUT2D eigenvalue weighted by Gasteiger charge is 2.41. The minimum absolute atomic E-state index is 0.0999. The first-order valence-electron chi connectivity index (χ1n) is 16.8. The Morgan fingerprint density at radius 3 is 2.19 bits per heavy atom. The van der Waals surface area contributed by atoms with Gasteiger partial charge in [0.1, 0.15) is 0 Å². The van der Waals surface area contributed by atoms with Gasteiger partial charge in [0, 0.05) is 17.8 Å². The van der Waals surface area contributed by atoms with E-state index in [1.165, 1.54) is 31.2 Å². The monoisotopic (exact) mass is 583 g/mol. The van der Waals surface area contributed by atoms with Crippen LogP contribution in [0.1, 0.15) is 133 Å². The average Bonchev–Trinajstić information content (AvgIpc) is 3.57. The standard InChI is InChI=1S/C36H57NO5/c1-2-3-4-5-11-18-32(38)19-12-6-7-13-20-33(35(40)41)34(39)23-25-36(42)24-14-17-29(36)27-31-22-21-30(37-31)26-28-15-9-8-10-16-28/h8-10,15-16,21-22,29,32-34,37-39,42H,2-7,11-14,17-20,23-27H2,1H3,(H,40,41)/t29-,32+,33+,34-,36-/m1/s1. The van der Waals surface area contributed by atoms with Gasteiger partial charge in [0.25, 0.3) is 0 Å². The van der Waals surface area contributed by atoms with Crippen LogP contribution in [0.4, 0.5) is 0 Å². The number of aliphatic hydroxyl groups excluding tert-OH is 2. The molecule has 0 unspecified atom stereocenters. The van der Waals surface area contributed by atoms with Crippen molar-refractivity contribution in [3.05, 3.63) is 59.4 Å². The van der Waals surface area contributed by atoms with E-state index >= 15 is 0 Å². The summed E-state index contributed by atoms with van der Waals surface area (Å²) in [6, 6.07) is 14.6. The van der Waals surface area contributed by atoms with E-state index in [1.807, 2.05) is 18.2 Å². The van der Waals surface area contributed by atoms with Crippen LogP contribution in [0.25, 0.3) is 0 Å². The van der Waals surface area contributed by atoms with Crippen molar-refractivity contribution in [2.45, 2.75) is 147 Å². The summed E-state index contributed by atoms with van der Waals surface area (Å²) >= 11 is 0. The minimum atomic E-state index is -0.953. The van der Waals surface area contributed by atoms with Crippen molar-refractivity contribution < 1.29 is 25.2 Å². The normalized spacial score (nSPS) is 20.9. The molecule has 0 saturated heterocycles.